The summed E-state index contributed by atoms with van der Waals surface area (Å²) >= 11 is 1.61. The Kier molecular flexibility index (Phi) is 8.98. The van der Waals surface area contributed by atoms with E-state index in [-0.39, 0.29) is 24.3 Å². The van der Waals surface area contributed by atoms with Crippen LogP contribution < -0.4 is 10.1 Å². The molecule has 40 heavy (non-hydrogen) atoms. The molecule has 1 heterocycles. The average molecular weight is 556 g/mol. The van der Waals surface area contributed by atoms with Gasteiger partial charge in [0.25, 0.3) is 5.91 Å². The molecule has 3 aromatic carbocycles. The number of ether oxygens (including phenoxy) is 1. The number of Topliss-reactive ketones (excluding diaryl/α,β-unsaturated/α-hetero) is 1. The first-order valence-corrected chi connectivity index (χ1v) is 14.5. The summed E-state index contributed by atoms with van der Waals surface area (Å²) in [7, 11) is 0. The minimum Gasteiger partial charge on any atom is -0.484 e. The average Bonchev–Trinajstić information content (AvgIpc) is 3.49. The smallest absolute Gasteiger partial charge is 0.251 e. The van der Waals surface area contributed by atoms with Crippen molar-refractivity contribution >= 4 is 23.5 Å². The molecule has 1 unspecified atom stereocenters. The Hall–Kier alpha value is -3.88. The Balaban J connectivity index is 1.43. The molecule has 0 bridgehead atoms. The van der Waals surface area contributed by atoms with Crippen LogP contribution in [0.1, 0.15) is 63.3 Å². The molecule has 8 heteroatoms. The highest BCUT2D eigenvalue weighted by molar-refractivity contribution is 7.98. The van der Waals surface area contributed by atoms with E-state index in [0.29, 0.717) is 24.3 Å². The number of carbonyl (C=O) groups is 2. The third kappa shape index (κ3) is 6.81. The molecule has 0 radical (unpaired) electrons. The van der Waals surface area contributed by atoms with Crippen molar-refractivity contribution in [1.29, 1.82) is 0 Å². The molecule has 0 fully saturated rings. The van der Waals surface area contributed by atoms with Crippen molar-refractivity contribution in [3.8, 4) is 5.75 Å². The van der Waals surface area contributed by atoms with Gasteiger partial charge in [-0.25, -0.2) is 4.98 Å². The Morgan fingerprint density at radius 2 is 1.98 bits per heavy atom. The number of thioether (sulfide) groups is 1. The van der Waals surface area contributed by atoms with E-state index in [9.17, 15) is 14.7 Å². The van der Waals surface area contributed by atoms with Crippen LogP contribution in [0, 0.1) is 0 Å². The number of ketones is 1. The molecule has 1 aliphatic carbocycles. The molecule has 2 atom stereocenters. The van der Waals surface area contributed by atoms with E-state index in [2.05, 4.69) is 22.4 Å². The number of nitrogens with one attached hydrogen (secondary N) is 1. The third-order valence-corrected chi connectivity index (χ3v) is 7.95. The summed E-state index contributed by atoms with van der Waals surface area (Å²) in [5.41, 5.74) is 4.45. The second kappa shape index (κ2) is 13.0. The number of hydrogen-bond acceptors (Lipinski definition) is 6. The lowest BCUT2D eigenvalue weighted by atomic mass is 9.87. The van der Waals surface area contributed by atoms with E-state index in [0.717, 1.165) is 45.7 Å². The van der Waals surface area contributed by atoms with Gasteiger partial charge in [-0.3, -0.25) is 9.59 Å². The number of aliphatic hydroxyl groups is 1. The minimum atomic E-state index is -0.611. The summed E-state index contributed by atoms with van der Waals surface area (Å²) < 4.78 is 8.75. The number of aliphatic hydroxyl groups excluding tert-OH is 1. The number of nitrogens with zero attached hydrogens (tertiary/aromatic N) is 2. The number of carbonyl (C=O) groups excluding carboxylic acids is 2. The molecule has 0 saturated carbocycles. The van der Waals surface area contributed by atoms with Gasteiger partial charge in [-0.05, 0) is 61.2 Å². The maximum Gasteiger partial charge on any atom is 0.251 e. The second-order valence-electron chi connectivity index (χ2n) is 10.00. The lowest BCUT2D eigenvalue weighted by molar-refractivity contribution is 0.0923. The maximum atomic E-state index is 12.8. The van der Waals surface area contributed by atoms with Crippen molar-refractivity contribution in [3.05, 3.63) is 113 Å². The zero-order chi connectivity index (χ0) is 27.9. The normalized spacial score (nSPS) is 14.3. The molecule has 0 spiro atoms. The van der Waals surface area contributed by atoms with Crippen LogP contribution in [0.2, 0.25) is 0 Å². The van der Waals surface area contributed by atoms with Gasteiger partial charge in [0.1, 0.15) is 11.9 Å². The molecule has 4 aromatic rings. The van der Waals surface area contributed by atoms with E-state index >= 15 is 0 Å². The summed E-state index contributed by atoms with van der Waals surface area (Å²) in [6.45, 7) is 2.42. The summed E-state index contributed by atoms with van der Waals surface area (Å²) in [5.74, 6) is 1.31. The number of rotatable bonds is 11. The van der Waals surface area contributed by atoms with Crippen LogP contribution in [0.15, 0.2) is 90.3 Å². The molecule has 0 saturated heterocycles. The van der Waals surface area contributed by atoms with Gasteiger partial charge in [0.05, 0.1) is 19.0 Å². The van der Waals surface area contributed by atoms with Crippen molar-refractivity contribution in [2.24, 2.45) is 0 Å². The molecule has 1 amide bonds. The summed E-state index contributed by atoms with van der Waals surface area (Å²) in [4.78, 5) is 30.5. The molecular formula is C32H33N3O4S. The van der Waals surface area contributed by atoms with Crippen LogP contribution in [0.25, 0.3) is 0 Å². The van der Waals surface area contributed by atoms with Crippen LogP contribution in [-0.4, -0.2) is 39.0 Å². The number of aromatic nitrogens is 2. The summed E-state index contributed by atoms with van der Waals surface area (Å²) in [6.07, 6.45) is 6.82. The fourth-order valence-corrected chi connectivity index (χ4v) is 5.90. The highest BCUT2D eigenvalue weighted by Gasteiger charge is 2.25. The highest BCUT2D eigenvalue weighted by atomic mass is 32.2. The number of imidazole rings is 1. The first kappa shape index (κ1) is 27.7. The second-order valence-corrected chi connectivity index (χ2v) is 11.0. The predicted octanol–water partition coefficient (Wildman–Crippen LogP) is 5.63. The number of fused-ring (bicyclic) bond motifs is 1. The molecular weight excluding hydrogens is 522 g/mol. The van der Waals surface area contributed by atoms with Gasteiger partial charge < -0.3 is 19.7 Å². The Bertz CT molecular complexity index is 1450. The molecule has 7 nitrogen and oxygen atoms in total. The van der Waals surface area contributed by atoms with Gasteiger partial charge in [0.15, 0.2) is 5.78 Å². The van der Waals surface area contributed by atoms with Crippen LogP contribution in [-0.2, 0) is 18.7 Å². The predicted molar refractivity (Wildman–Crippen MR) is 156 cm³/mol. The largest absolute Gasteiger partial charge is 0.484 e. The first-order chi connectivity index (χ1) is 19.5. The lowest BCUT2D eigenvalue weighted by Gasteiger charge is -2.25. The minimum absolute atomic E-state index is 0.175. The Morgan fingerprint density at radius 3 is 2.75 bits per heavy atom. The lowest BCUT2D eigenvalue weighted by Crippen LogP contribution is -2.30. The Morgan fingerprint density at radius 1 is 1.12 bits per heavy atom. The fraction of sp³-hybridized carbons (Fsp3) is 0.281. The van der Waals surface area contributed by atoms with Crippen LogP contribution >= 0.6 is 11.8 Å². The van der Waals surface area contributed by atoms with Crippen molar-refractivity contribution < 1.29 is 19.4 Å². The molecule has 1 aliphatic rings. The van der Waals surface area contributed by atoms with E-state index in [4.69, 9.17) is 4.74 Å². The van der Waals surface area contributed by atoms with Crippen LogP contribution in [0.3, 0.4) is 0 Å². The summed E-state index contributed by atoms with van der Waals surface area (Å²) in [5, 5.41) is 12.2. The highest BCUT2D eigenvalue weighted by Crippen LogP contribution is 2.38. The van der Waals surface area contributed by atoms with E-state index < -0.39 is 6.10 Å². The van der Waals surface area contributed by atoms with Gasteiger partial charge in [-0.15, -0.1) is 11.8 Å². The van der Waals surface area contributed by atoms with Gasteiger partial charge in [0.2, 0.25) is 0 Å². The van der Waals surface area contributed by atoms with Crippen molar-refractivity contribution in [1.82, 2.24) is 14.9 Å². The monoisotopic (exact) mass is 555 g/mol. The van der Waals surface area contributed by atoms with Gasteiger partial charge >= 0.3 is 0 Å². The van der Waals surface area contributed by atoms with Crippen molar-refractivity contribution in [2.75, 3.05) is 6.54 Å². The standard InChI is InChI=1S/C32H33N3O4S/c1-22(36)18-34-32(38)24-9-5-10-25(17-24)40-20-28-26-11-6-12-29(37)27(26)13-14-30(28)39-31(19-35-16-15-33-21-35)23-7-3-2-4-8-23/h2-5,7-10,13-17,21-22,31,36H,6,11-12,18-20H2,1H3,(H,34,38)/t22?,31-/m1/s1. The molecule has 0 aliphatic heterocycles. The SMILES string of the molecule is CC(O)CNC(=O)c1cccc(SCc2c(O[C@H](Cn3ccnc3)c3ccccc3)ccc3c2CCCC3=O)c1. The fourth-order valence-electron chi connectivity index (χ4n) is 4.89. The van der Waals surface area contributed by atoms with Crippen molar-refractivity contribution in [3.63, 3.8) is 0 Å². The van der Waals surface area contributed by atoms with Gasteiger partial charge in [-0.1, -0.05) is 36.4 Å². The number of benzene rings is 3. The van der Waals surface area contributed by atoms with E-state index in [1.165, 1.54) is 0 Å². The third-order valence-electron chi connectivity index (χ3n) is 6.93. The molecule has 206 valence electrons. The maximum absolute atomic E-state index is 12.8. The Labute approximate surface area is 238 Å². The topological polar surface area (TPSA) is 93.4 Å². The molecule has 5 rings (SSSR count). The zero-order valence-corrected chi connectivity index (χ0v) is 23.3. The van der Waals surface area contributed by atoms with Gasteiger partial charge in [-0.2, -0.15) is 0 Å². The zero-order valence-electron chi connectivity index (χ0n) is 22.5. The quantitative estimate of drug-likeness (QED) is 0.233. The van der Waals surface area contributed by atoms with Gasteiger partial charge in [0, 0.05) is 52.7 Å². The van der Waals surface area contributed by atoms with E-state index in [1.54, 1.807) is 37.3 Å². The van der Waals surface area contributed by atoms with Crippen molar-refractivity contribution in [2.45, 2.75) is 55.6 Å². The number of hydrogen-bond donors (Lipinski definition) is 2. The van der Waals surface area contributed by atoms with Crippen LogP contribution in [0.4, 0.5) is 0 Å². The molecule has 1 aromatic heterocycles. The van der Waals surface area contributed by atoms with Crippen LogP contribution in [0.5, 0.6) is 5.75 Å². The number of amides is 1. The van der Waals surface area contributed by atoms with E-state index in [1.807, 2.05) is 59.3 Å². The molecule has 2 N–H and O–H groups in total. The summed E-state index contributed by atoms with van der Waals surface area (Å²) in [6, 6.07) is 21.4. The first-order valence-electron chi connectivity index (χ1n) is 13.5.